The van der Waals surface area contributed by atoms with Crippen molar-refractivity contribution in [3.8, 4) is 0 Å². The molecule has 0 heterocycles. The summed E-state index contributed by atoms with van der Waals surface area (Å²) >= 11 is 6.38. The van der Waals surface area contributed by atoms with Crippen LogP contribution in [-0.4, -0.2) is 19.9 Å². The zero-order chi connectivity index (χ0) is 16.7. The molecule has 0 bridgehead atoms. The van der Waals surface area contributed by atoms with E-state index in [1.54, 1.807) is 26.0 Å². The summed E-state index contributed by atoms with van der Waals surface area (Å²) in [6.07, 6.45) is 0. The van der Waals surface area contributed by atoms with Crippen LogP contribution in [0.5, 0.6) is 0 Å². The van der Waals surface area contributed by atoms with E-state index in [9.17, 15) is 13.2 Å². The summed E-state index contributed by atoms with van der Waals surface area (Å²) < 4.78 is 29.4. The fraction of sp³-hybridized carbons (Fsp3) is 0.200. The molecule has 2 rings (SSSR count). The van der Waals surface area contributed by atoms with E-state index in [-0.39, 0.29) is 16.4 Å². The summed E-state index contributed by atoms with van der Waals surface area (Å²) in [7, 11) is -3.84. The first-order chi connectivity index (χ1) is 10.1. The summed E-state index contributed by atoms with van der Waals surface area (Å²) in [5.41, 5.74) is 2.24. The first kappa shape index (κ1) is 17.3. The van der Waals surface area contributed by atoms with Crippen LogP contribution in [0.3, 0.4) is 0 Å². The Bertz CT molecular complexity index is 817. The lowest BCUT2D eigenvalue weighted by Gasteiger charge is -2.17. The minimum absolute atomic E-state index is 0.121. The Labute approximate surface area is 146 Å². The van der Waals surface area contributed by atoms with Gasteiger partial charge >= 0.3 is 0 Å². The van der Waals surface area contributed by atoms with E-state index in [2.05, 4.69) is 36.3 Å². The largest absolute Gasteiger partial charge is 0.287 e. The number of hydrogen-bond acceptors (Lipinski definition) is 3. The average molecular weight is 447 g/mol. The molecular formula is C15H13Br2NO3S. The molecule has 22 heavy (non-hydrogen) atoms. The van der Waals surface area contributed by atoms with E-state index in [0.717, 1.165) is 5.56 Å². The molecule has 0 unspecified atom stereocenters. The van der Waals surface area contributed by atoms with Gasteiger partial charge in [-0.1, -0.05) is 17.7 Å². The average Bonchev–Trinajstić information content (AvgIpc) is 2.48. The van der Waals surface area contributed by atoms with Crippen LogP contribution >= 0.6 is 31.9 Å². The van der Waals surface area contributed by atoms with Gasteiger partial charge in [0, 0.05) is 0 Å². The van der Waals surface area contributed by atoms with Crippen LogP contribution in [0.25, 0.3) is 0 Å². The molecule has 0 radical (unpaired) electrons. The van der Waals surface area contributed by atoms with Crippen molar-refractivity contribution in [3.05, 3.63) is 49.9 Å². The molecule has 0 atom stereocenters. The molecule has 1 aromatic rings. The third-order valence-corrected chi connectivity index (χ3v) is 6.50. The first-order valence-corrected chi connectivity index (χ1v) is 9.37. The number of sulfonamides is 1. The lowest BCUT2D eigenvalue weighted by atomic mass is 9.98. The van der Waals surface area contributed by atoms with Crippen molar-refractivity contribution >= 4 is 53.4 Å². The molecule has 0 amide bonds. The zero-order valence-corrected chi connectivity index (χ0v) is 16.1. The Balaban J connectivity index is 2.61. The summed E-state index contributed by atoms with van der Waals surface area (Å²) in [5.74, 6) is -0.221. The number of Topliss-reactive ketones (excluding diaryl/α,β-unsaturated/α-hetero) is 1. The van der Waals surface area contributed by atoms with Gasteiger partial charge in [-0.05, 0) is 75.9 Å². The normalized spacial score (nSPS) is 16.4. The van der Waals surface area contributed by atoms with Gasteiger partial charge in [0.2, 0.25) is 5.78 Å². The Hall–Kier alpha value is -1.05. The Morgan fingerprint density at radius 3 is 1.82 bits per heavy atom. The number of benzene rings is 1. The van der Waals surface area contributed by atoms with Crippen molar-refractivity contribution in [2.24, 2.45) is 4.40 Å². The lowest BCUT2D eigenvalue weighted by molar-refractivity contribution is -0.111. The van der Waals surface area contributed by atoms with Gasteiger partial charge in [0.05, 0.1) is 19.6 Å². The molecule has 0 saturated carbocycles. The summed E-state index contributed by atoms with van der Waals surface area (Å²) in [6, 6.07) is 6.47. The number of carbonyl (C=O) groups is 1. The molecular weight excluding hydrogens is 434 g/mol. The molecule has 0 saturated heterocycles. The molecule has 0 fully saturated rings. The minimum Gasteiger partial charge on any atom is -0.287 e. The van der Waals surface area contributed by atoms with E-state index in [0.29, 0.717) is 20.1 Å². The molecule has 0 aliphatic heterocycles. The molecule has 7 heteroatoms. The van der Waals surface area contributed by atoms with Gasteiger partial charge in [0.25, 0.3) is 10.0 Å². The molecule has 4 nitrogen and oxygen atoms in total. The second-order valence-electron chi connectivity index (χ2n) is 4.94. The van der Waals surface area contributed by atoms with Gasteiger partial charge in [-0.15, -0.1) is 0 Å². The standard InChI is InChI=1S/C15H13Br2NO3S/c1-8-4-6-11(7-5-8)22(20,21)18-14-9(2)12(16)15(19)13(17)10(14)3/h4-7H,1-3H3. The zero-order valence-electron chi connectivity index (χ0n) is 12.1. The van der Waals surface area contributed by atoms with Gasteiger partial charge in [0.15, 0.2) is 0 Å². The fourth-order valence-electron chi connectivity index (χ4n) is 1.95. The number of allylic oxidation sites excluding steroid dienone is 4. The molecule has 0 spiro atoms. The molecule has 0 N–H and O–H groups in total. The smallest absolute Gasteiger partial charge is 0.282 e. The second-order valence-corrected chi connectivity index (χ2v) is 8.13. The van der Waals surface area contributed by atoms with Crippen molar-refractivity contribution in [2.45, 2.75) is 25.7 Å². The van der Waals surface area contributed by atoms with E-state index in [1.807, 2.05) is 6.92 Å². The van der Waals surface area contributed by atoms with Crippen LogP contribution in [0.1, 0.15) is 19.4 Å². The topological polar surface area (TPSA) is 63.6 Å². The Kier molecular flexibility index (Phi) is 4.89. The van der Waals surface area contributed by atoms with Crippen LogP contribution in [0.4, 0.5) is 0 Å². The fourth-order valence-corrected chi connectivity index (χ4v) is 4.08. The molecule has 1 aromatic carbocycles. The number of ketones is 1. The summed E-state index contributed by atoms with van der Waals surface area (Å²) in [4.78, 5) is 12.1. The van der Waals surface area contributed by atoms with E-state index in [1.165, 1.54) is 12.1 Å². The first-order valence-electron chi connectivity index (χ1n) is 6.35. The minimum atomic E-state index is -3.84. The highest BCUT2D eigenvalue weighted by Gasteiger charge is 2.28. The molecule has 1 aliphatic carbocycles. The van der Waals surface area contributed by atoms with Crippen molar-refractivity contribution in [1.29, 1.82) is 0 Å². The van der Waals surface area contributed by atoms with E-state index < -0.39 is 10.0 Å². The number of aryl methyl sites for hydroxylation is 1. The highest BCUT2D eigenvalue weighted by molar-refractivity contribution is 9.13. The third-order valence-electron chi connectivity index (χ3n) is 3.30. The van der Waals surface area contributed by atoms with Crippen LogP contribution < -0.4 is 0 Å². The Morgan fingerprint density at radius 1 is 0.909 bits per heavy atom. The Morgan fingerprint density at radius 2 is 1.36 bits per heavy atom. The van der Waals surface area contributed by atoms with Gasteiger partial charge in [-0.25, -0.2) is 0 Å². The third kappa shape index (κ3) is 3.16. The SMILES string of the molecule is CC1=C(Br)C(=O)C(Br)=C(C)C1=NS(=O)(=O)c1ccc(C)cc1. The highest BCUT2D eigenvalue weighted by Crippen LogP contribution is 2.32. The van der Waals surface area contributed by atoms with Gasteiger partial charge in [0.1, 0.15) is 0 Å². The van der Waals surface area contributed by atoms with Crippen molar-refractivity contribution in [3.63, 3.8) is 0 Å². The van der Waals surface area contributed by atoms with E-state index >= 15 is 0 Å². The number of carbonyl (C=O) groups excluding carboxylic acids is 1. The van der Waals surface area contributed by atoms with Crippen LogP contribution in [0, 0.1) is 6.92 Å². The van der Waals surface area contributed by atoms with Gasteiger partial charge in [-0.2, -0.15) is 12.8 Å². The lowest BCUT2D eigenvalue weighted by Crippen LogP contribution is -2.18. The van der Waals surface area contributed by atoms with Crippen molar-refractivity contribution < 1.29 is 13.2 Å². The van der Waals surface area contributed by atoms with Crippen LogP contribution in [-0.2, 0) is 14.8 Å². The number of nitrogens with zero attached hydrogens (tertiary/aromatic N) is 1. The van der Waals surface area contributed by atoms with Gasteiger partial charge in [-0.3, -0.25) is 4.79 Å². The van der Waals surface area contributed by atoms with Crippen LogP contribution in [0.2, 0.25) is 0 Å². The number of halogens is 2. The second kappa shape index (κ2) is 6.22. The number of rotatable bonds is 2. The highest BCUT2D eigenvalue weighted by atomic mass is 79.9. The summed E-state index contributed by atoms with van der Waals surface area (Å²) in [6.45, 7) is 5.20. The maximum Gasteiger partial charge on any atom is 0.282 e. The predicted octanol–water partition coefficient (Wildman–Crippen LogP) is 4.05. The van der Waals surface area contributed by atoms with Gasteiger partial charge < -0.3 is 0 Å². The molecule has 116 valence electrons. The molecule has 1 aliphatic rings. The quantitative estimate of drug-likeness (QED) is 0.643. The van der Waals surface area contributed by atoms with Crippen LogP contribution in [0.15, 0.2) is 53.7 Å². The maximum atomic E-state index is 12.4. The molecule has 0 aromatic heterocycles. The predicted molar refractivity (Wildman–Crippen MR) is 94.1 cm³/mol. The van der Waals surface area contributed by atoms with E-state index in [4.69, 9.17) is 0 Å². The van der Waals surface area contributed by atoms with Crippen molar-refractivity contribution in [1.82, 2.24) is 0 Å². The monoisotopic (exact) mass is 445 g/mol. The summed E-state index contributed by atoms with van der Waals surface area (Å²) in [5, 5.41) is 0. The van der Waals surface area contributed by atoms with Crippen molar-refractivity contribution in [2.75, 3.05) is 0 Å². The number of hydrogen-bond donors (Lipinski definition) is 0. The maximum absolute atomic E-state index is 12.4.